The van der Waals surface area contributed by atoms with E-state index in [9.17, 15) is 0 Å². The largest absolute Gasteiger partial charge is 0.368 e. The van der Waals surface area contributed by atoms with E-state index < -0.39 is 0 Å². The van der Waals surface area contributed by atoms with Gasteiger partial charge < -0.3 is 10.2 Å². The third-order valence-corrected chi connectivity index (χ3v) is 6.79. The van der Waals surface area contributed by atoms with E-state index >= 15 is 0 Å². The second kappa shape index (κ2) is 8.33. The van der Waals surface area contributed by atoms with Crippen LogP contribution in [0.1, 0.15) is 63.8 Å². The van der Waals surface area contributed by atoms with Gasteiger partial charge in [-0.15, -0.1) is 0 Å². The SMILES string of the molecule is CCNc1nn(CC(C)(C)c2c(C)ccc3[nH]nc(N(C)C)c23)c2ccc(C)c(C(C)(C)C)c12. The molecule has 0 fully saturated rings. The lowest BCUT2D eigenvalue weighted by molar-refractivity contribution is 0.418. The molecular weight excluding hydrogens is 420 g/mol. The van der Waals surface area contributed by atoms with Gasteiger partial charge in [0.1, 0.15) is 0 Å². The predicted molar refractivity (Wildman–Crippen MR) is 146 cm³/mol. The van der Waals surface area contributed by atoms with Crippen molar-refractivity contribution in [3.8, 4) is 0 Å². The molecule has 0 spiro atoms. The number of aromatic amines is 1. The molecule has 0 saturated carbocycles. The summed E-state index contributed by atoms with van der Waals surface area (Å²) in [6, 6.07) is 8.81. The molecule has 0 aliphatic rings. The standard InChI is InChI=1S/C28H40N6/c1-11-29-25-22-20(15-13-17(2)23(22)27(4,5)6)34(32-25)16-28(7,8)24-18(3)12-14-19-21(24)26(31-30-19)33(9)10/h12-15H,11,16H2,1-10H3,(H,29,32)(H,30,31). The number of hydrogen-bond acceptors (Lipinski definition) is 4. The number of aromatic nitrogens is 4. The lowest BCUT2D eigenvalue weighted by atomic mass is 9.79. The summed E-state index contributed by atoms with van der Waals surface area (Å²) < 4.78 is 2.20. The Morgan fingerprint density at radius 3 is 2.21 bits per heavy atom. The molecule has 6 heteroatoms. The van der Waals surface area contributed by atoms with Crippen molar-refractivity contribution in [3.05, 3.63) is 46.5 Å². The number of nitrogens with one attached hydrogen (secondary N) is 2. The molecule has 2 aromatic carbocycles. The molecule has 4 aromatic rings. The molecule has 0 atom stereocenters. The van der Waals surface area contributed by atoms with Crippen molar-refractivity contribution in [3.63, 3.8) is 0 Å². The zero-order valence-corrected chi connectivity index (χ0v) is 22.5. The molecule has 2 aromatic heterocycles. The van der Waals surface area contributed by atoms with Crippen LogP contribution < -0.4 is 10.2 Å². The van der Waals surface area contributed by atoms with Gasteiger partial charge in [0.25, 0.3) is 0 Å². The van der Waals surface area contributed by atoms with Crippen molar-refractivity contribution in [1.29, 1.82) is 0 Å². The van der Waals surface area contributed by atoms with Gasteiger partial charge in [0.15, 0.2) is 11.6 Å². The van der Waals surface area contributed by atoms with Crippen molar-refractivity contribution in [1.82, 2.24) is 20.0 Å². The summed E-state index contributed by atoms with van der Waals surface area (Å²) >= 11 is 0. The molecule has 4 rings (SSSR count). The molecule has 0 aliphatic carbocycles. The lowest BCUT2D eigenvalue weighted by Crippen LogP contribution is -2.27. The normalized spacial score (nSPS) is 12.6. The number of nitrogens with zero attached hydrogens (tertiary/aromatic N) is 4. The maximum absolute atomic E-state index is 5.13. The number of aryl methyl sites for hydroxylation is 2. The van der Waals surface area contributed by atoms with Crippen molar-refractivity contribution in [2.24, 2.45) is 0 Å². The van der Waals surface area contributed by atoms with E-state index in [0.29, 0.717) is 0 Å². The molecule has 34 heavy (non-hydrogen) atoms. The molecule has 0 radical (unpaired) electrons. The Morgan fingerprint density at radius 2 is 1.59 bits per heavy atom. The van der Waals surface area contributed by atoms with Gasteiger partial charge in [-0.25, -0.2) is 0 Å². The number of H-pyrrole nitrogens is 1. The number of fused-ring (bicyclic) bond motifs is 2. The van der Waals surface area contributed by atoms with Gasteiger partial charge in [0.2, 0.25) is 0 Å². The van der Waals surface area contributed by atoms with Crippen LogP contribution in [-0.4, -0.2) is 40.6 Å². The smallest absolute Gasteiger partial charge is 0.158 e. The highest BCUT2D eigenvalue weighted by atomic mass is 15.3. The van der Waals surface area contributed by atoms with Crippen LogP contribution in [0.25, 0.3) is 21.8 Å². The maximum atomic E-state index is 5.13. The van der Waals surface area contributed by atoms with E-state index in [2.05, 4.69) is 119 Å². The highest BCUT2D eigenvalue weighted by Gasteiger charge is 2.31. The van der Waals surface area contributed by atoms with Crippen LogP contribution in [0.3, 0.4) is 0 Å². The van der Waals surface area contributed by atoms with Gasteiger partial charge >= 0.3 is 0 Å². The quantitative estimate of drug-likeness (QED) is 0.354. The van der Waals surface area contributed by atoms with Gasteiger partial charge in [-0.3, -0.25) is 9.78 Å². The molecule has 0 amide bonds. The number of hydrogen-bond donors (Lipinski definition) is 2. The molecule has 182 valence electrons. The molecule has 0 unspecified atom stereocenters. The van der Waals surface area contributed by atoms with E-state index in [0.717, 1.165) is 30.2 Å². The highest BCUT2D eigenvalue weighted by Crippen LogP contribution is 2.41. The second-order valence-corrected chi connectivity index (χ2v) is 11.4. The summed E-state index contributed by atoms with van der Waals surface area (Å²) in [5.41, 5.74) is 7.38. The highest BCUT2D eigenvalue weighted by molar-refractivity contribution is 5.96. The number of rotatable bonds is 6. The van der Waals surface area contributed by atoms with E-state index in [1.54, 1.807) is 0 Å². The third kappa shape index (κ3) is 3.93. The fraction of sp³-hybridized carbons (Fsp3) is 0.500. The minimum Gasteiger partial charge on any atom is -0.368 e. The van der Waals surface area contributed by atoms with Crippen LogP contribution in [0.5, 0.6) is 0 Å². The average molecular weight is 461 g/mol. The summed E-state index contributed by atoms with van der Waals surface area (Å²) in [4.78, 5) is 2.09. The van der Waals surface area contributed by atoms with Gasteiger partial charge in [-0.2, -0.15) is 10.2 Å². The van der Waals surface area contributed by atoms with Crippen LogP contribution in [0.4, 0.5) is 11.6 Å². The number of anilines is 2. The average Bonchev–Trinajstić information content (AvgIpc) is 3.28. The van der Waals surface area contributed by atoms with E-state index in [4.69, 9.17) is 5.10 Å². The molecule has 2 heterocycles. The summed E-state index contributed by atoms with van der Waals surface area (Å²) in [5, 5.41) is 19.0. The van der Waals surface area contributed by atoms with Crippen molar-refractivity contribution in [2.75, 3.05) is 30.9 Å². The molecule has 0 aliphatic heterocycles. The zero-order chi connectivity index (χ0) is 25.0. The van der Waals surface area contributed by atoms with Gasteiger partial charge in [-0.1, -0.05) is 46.8 Å². The fourth-order valence-electron chi connectivity index (χ4n) is 5.60. The Hall–Kier alpha value is -3.02. The third-order valence-electron chi connectivity index (χ3n) is 6.79. The predicted octanol–water partition coefficient (Wildman–Crippen LogP) is 6.30. The minimum atomic E-state index is -0.173. The molecule has 0 saturated heterocycles. The van der Waals surface area contributed by atoms with E-state index in [1.165, 1.54) is 38.5 Å². The molecule has 6 nitrogen and oxygen atoms in total. The Bertz CT molecular complexity index is 1350. The van der Waals surface area contributed by atoms with Gasteiger partial charge in [0, 0.05) is 36.8 Å². The molecular formula is C28H40N6. The summed E-state index contributed by atoms with van der Waals surface area (Å²) in [7, 11) is 4.10. The first-order chi connectivity index (χ1) is 15.9. The Labute approximate surface area is 203 Å². The first-order valence-electron chi connectivity index (χ1n) is 12.3. The Morgan fingerprint density at radius 1 is 0.941 bits per heavy atom. The first kappa shape index (κ1) is 24.1. The fourth-order valence-corrected chi connectivity index (χ4v) is 5.60. The first-order valence-corrected chi connectivity index (χ1v) is 12.3. The molecule has 0 bridgehead atoms. The van der Waals surface area contributed by atoms with Crippen LogP contribution in [-0.2, 0) is 17.4 Å². The minimum absolute atomic E-state index is 0.0245. The summed E-state index contributed by atoms with van der Waals surface area (Å²) in [6.45, 7) is 19.7. The number of benzene rings is 2. The topological polar surface area (TPSA) is 61.8 Å². The van der Waals surface area contributed by atoms with Gasteiger partial charge in [-0.05, 0) is 60.6 Å². The van der Waals surface area contributed by atoms with Gasteiger partial charge in [0.05, 0.1) is 17.6 Å². The molecule has 2 N–H and O–H groups in total. The summed E-state index contributed by atoms with van der Waals surface area (Å²) in [5.74, 6) is 1.96. The summed E-state index contributed by atoms with van der Waals surface area (Å²) in [6.07, 6.45) is 0. The van der Waals surface area contributed by atoms with E-state index in [-0.39, 0.29) is 10.8 Å². The zero-order valence-electron chi connectivity index (χ0n) is 22.5. The lowest BCUT2D eigenvalue weighted by Gasteiger charge is -2.29. The van der Waals surface area contributed by atoms with Crippen LogP contribution in [0.15, 0.2) is 24.3 Å². The van der Waals surface area contributed by atoms with Crippen molar-refractivity contribution in [2.45, 2.75) is 72.8 Å². The second-order valence-electron chi connectivity index (χ2n) is 11.4. The Balaban J connectivity index is 1.93. The van der Waals surface area contributed by atoms with E-state index in [1.807, 2.05) is 0 Å². The van der Waals surface area contributed by atoms with Crippen LogP contribution in [0, 0.1) is 13.8 Å². The van der Waals surface area contributed by atoms with Crippen molar-refractivity contribution < 1.29 is 0 Å². The van der Waals surface area contributed by atoms with Crippen LogP contribution >= 0.6 is 0 Å². The Kier molecular flexibility index (Phi) is 5.91. The maximum Gasteiger partial charge on any atom is 0.158 e. The van der Waals surface area contributed by atoms with Crippen LogP contribution in [0.2, 0.25) is 0 Å². The monoisotopic (exact) mass is 460 g/mol. The van der Waals surface area contributed by atoms with Crippen molar-refractivity contribution >= 4 is 33.4 Å².